The highest BCUT2D eigenvalue weighted by Gasteiger charge is 2.22. The lowest BCUT2D eigenvalue weighted by Crippen LogP contribution is -2.33. The lowest BCUT2D eigenvalue weighted by atomic mass is 9.97. The van der Waals surface area contributed by atoms with Gasteiger partial charge in [-0.15, -0.1) is 0 Å². The predicted octanol–water partition coefficient (Wildman–Crippen LogP) is 9.65. The molecule has 0 saturated heterocycles. The Morgan fingerprint density at radius 2 is 1.23 bits per heavy atom. The quantitative estimate of drug-likeness (QED) is 0.230. The molecule has 1 aliphatic heterocycles. The fraction of sp³-hybridized carbons (Fsp3) is 0.0256. The van der Waals surface area contributed by atoms with Crippen LogP contribution in [0.3, 0.4) is 0 Å². The van der Waals surface area contributed by atoms with E-state index in [4.69, 9.17) is 18.8 Å². The first-order valence-corrected chi connectivity index (χ1v) is 14.7. The first kappa shape index (κ1) is 24.6. The highest BCUT2D eigenvalue weighted by molar-refractivity contribution is 6.19. The zero-order valence-corrected chi connectivity index (χ0v) is 23.6. The molecule has 1 N–H and O–H groups in total. The Bertz CT molecular complexity index is 2420. The summed E-state index contributed by atoms with van der Waals surface area (Å²) in [6.45, 7) is 0. The second-order valence-corrected chi connectivity index (χ2v) is 11.0. The van der Waals surface area contributed by atoms with Gasteiger partial charge in [0.1, 0.15) is 34.3 Å². The molecule has 0 saturated carbocycles. The summed E-state index contributed by atoms with van der Waals surface area (Å²) in [4.78, 5) is 9.99. The van der Waals surface area contributed by atoms with Crippen molar-refractivity contribution in [3.8, 4) is 11.1 Å². The van der Waals surface area contributed by atoms with Gasteiger partial charge in [-0.2, -0.15) is 0 Å². The lowest BCUT2D eigenvalue weighted by molar-refractivity contribution is 0.668. The van der Waals surface area contributed by atoms with Gasteiger partial charge in [-0.25, -0.2) is 9.98 Å². The maximum atomic E-state index is 6.58. The third-order valence-electron chi connectivity index (χ3n) is 8.35. The lowest BCUT2D eigenvalue weighted by Gasteiger charge is -2.23. The summed E-state index contributed by atoms with van der Waals surface area (Å²) >= 11 is 0. The minimum absolute atomic E-state index is 0.257. The number of hydrogen-bond donors (Lipinski definition) is 1. The fourth-order valence-electron chi connectivity index (χ4n) is 6.28. The molecule has 1 unspecified atom stereocenters. The molecule has 5 nitrogen and oxygen atoms in total. The summed E-state index contributed by atoms with van der Waals surface area (Å²) in [6.07, 6.45) is -0.257. The highest BCUT2D eigenvalue weighted by Crippen LogP contribution is 2.41. The molecule has 0 spiro atoms. The number of benzene rings is 6. The molecule has 2 aromatic heterocycles. The number of rotatable bonds is 4. The van der Waals surface area contributed by atoms with Crippen LogP contribution in [-0.2, 0) is 0 Å². The number of aliphatic imine (C=N–C) groups is 2. The van der Waals surface area contributed by atoms with E-state index in [1.54, 1.807) is 0 Å². The summed E-state index contributed by atoms with van der Waals surface area (Å²) in [5.74, 6) is 1.47. The molecule has 0 aliphatic carbocycles. The maximum Gasteiger partial charge on any atom is 0.159 e. The van der Waals surface area contributed by atoms with Crippen molar-refractivity contribution in [3.05, 3.63) is 156 Å². The molecule has 8 aromatic rings. The van der Waals surface area contributed by atoms with Crippen molar-refractivity contribution >= 4 is 55.5 Å². The summed E-state index contributed by atoms with van der Waals surface area (Å²) in [7, 11) is 0. The van der Waals surface area contributed by atoms with Crippen LogP contribution in [0.15, 0.2) is 158 Å². The molecular weight excluding hydrogens is 542 g/mol. The van der Waals surface area contributed by atoms with E-state index in [-0.39, 0.29) is 6.17 Å². The number of hydrogen-bond acceptors (Lipinski definition) is 5. The van der Waals surface area contributed by atoms with Crippen LogP contribution in [0.1, 0.15) is 22.9 Å². The molecular formula is C39H25N3O2. The van der Waals surface area contributed by atoms with Crippen LogP contribution in [0.5, 0.6) is 0 Å². The van der Waals surface area contributed by atoms with E-state index in [1.165, 1.54) is 0 Å². The van der Waals surface area contributed by atoms with Crippen LogP contribution in [-0.4, -0.2) is 11.7 Å². The molecule has 0 fully saturated rings. The van der Waals surface area contributed by atoms with Gasteiger partial charge in [-0.1, -0.05) is 109 Å². The van der Waals surface area contributed by atoms with E-state index >= 15 is 0 Å². The Kier molecular flexibility index (Phi) is 5.50. The second-order valence-electron chi connectivity index (χ2n) is 11.0. The van der Waals surface area contributed by atoms with Crippen LogP contribution in [0.2, 0.25) is 0 Å². The van der Waals surface area contributed by atoms with Crippen molar-refractivity contribution in [1.29, 1.82) is 0 Å². The summed E-state index contributed by atoms with van der Waals surface area (Å²) in [5.41, 5.74) is 8.57. The molecule has 1 atom stereocenters. The molecule has 3 heterocycles. The maximum absolute atomic E-state index is 6.58. The van der Waals surface area contributed by atoms with Gasteiger partial charge in [0.05, 0.1) is 0 Å². The van der Waals surface area contributed by atoms with Crippen molar-refractivity contribution in [3.63, 3.8) is 0 Å². The van der Waals surface area contributed by atoms with Gasteiger partial charge < -0.3 is 14.2 Å². The Labute approximate surface area is 252 Å². The first-order valence-electron chi connectivity index (χ1n) is 14.7. The van der Waals surface area contributed by atoms with Crippen LogP contribution in [0, 0.1) is 0 Å². The summed E-state index contributed by atoms with van der Waals surface area (Å²) in [5, 5.41) is 7.86. The normalized spacial score (nSPS) is 15.0. The molecule has 208 valence electrons. The van der Waals surface area contributed by atoms with E-state index in [0.29, 0.717) is 5.84 Å². The molecule has 9 rings (SSSR count). The molecule has 0 radical (unpaired) electrons. The van der Waals surface area contributed by atoms with Crippen LogP contribution < -0.4 is 5.32 Å². The minimum Gasteiger partial charge on any atom is -0.456 e. The van der Waals surface area contributed by atoms with Crippen LogP contribution in [0.25, 0.3) is 55.0 Å². The Morgan fingerprint density at radius 1 is 0.523 bits per heavy atom. The third kappa shape index (κ3) is 3.94. The van der Waals surface area contributed by atoms with Crippen molar-refractivity contribution in [2.45, 2.75) is 6.17 Å². The van der Waals surface area contributed by atoms with E-state index in [2.05, 4.69) is 66.0 Å². The van der Waals surface area contributed by atoms with Gasteiger partial charge in [-0.3, -0.25) is 0 Å². The standard InChI is InChI=1S/C39H25N3O2/c1-3-11-24(12-4-1)37-40-38(25-13-5-2-6-14-25)42-39(41-37)26-21-22-33-31(23-26)29-18-9-17-28(36(29)44-33)27-16-10-20-34-35(27)30-15-7-8-19-32(30)43-34/h1-23,37H,(H,40,41,42). The van der Waals surface area contributed by atoms with E-state index in [9.17, 15) is 0 Å². The first-order chi connectivity index (χ1) is 21.8. The van der Waals surface area contributed by atoms with Gasteiger partial charge in [0.15, 0.2) is 5.84 Å². The molecule has 1 aliphatic rings. The zero-order valence-electron chi connectivity index (χ0n) is 23.6. The van der Waals surface area contributed by atoms with Gasteiger partial charge in [0, 0.05) is 38.2 Å². The predicted molar refractivity (Wildman–Crippen MR) is 178 cm³/mol. The van der Waals surface area contributed by atoms with Crippen molar-refractivity contribution < 1.29 is 8.83 Å². The largest absolute Gasteiger partial charge is 0.456 e. The van der Waals surface area contributed by atoms with Gasteiger partial charge in [-0.05, 0) is 41.5 Å². The van der Waals surface area contributed by atoms with Crippen LogP contribution >= 0.6 is 0 Å². The molecule has 5 heteroatoms. The summed E-state index contributed by atoms with van der Waals surface area (Å²) < 4.78 is 12.8. The Hall–Kier alpha value is -5.94. The smallest absolute Gasteiger partial charge is 0.159 e. The summed E-state index contributed by atoms with van der Waals surface area (Å²) in [6, 6.07) is 47.4. The van der Waals surface area contributed by atoms with Gasteiger partial charge >= 0.3 is 0 Å². The number of nitrogens with zero attached hydrogens (tertiary/aromatic N) is 2. The minimum atomic E-state index is -0.257. The number of para-hydroxylation sites is 2. The Balaban J connectivity index is 1.20. The average Bonchev–Trinajstić information content (AvgIpc) is 3.67. The Morgan fingerprint density at radius 3 is 2.11 bits per heavy atom. The number of nitrogens with one attached hydrogen (secondary N) is 1. The van der Waals surface area contributed by atoms with Crippen LogP contribution in [0.4, 0.5) is 0 Å². The zero-order chi connectivity index (χ0) is 29.0. The number of furan rings is 2. The van der Waals surface area contributed by atoms with Crippen molar-refractivity contribution in [2.24, 2.45) is 9.98 Å². The van der Waals surface area contributed by atoms with E-state index in [1.807, 2.05) is 78.9 Å². The molecule has 0 amide bonds. The molecule has 44 heavy (non-hydrogen) atoms. The molecule has 6 aromatic carbocycles. The van der Waals surface area contributed by atoms with E-state index < -0.39 is 0 Å². The van der Waals surface area contributed by atoms with Crippen molar-refractivity contribution in [1.82, 2.24) is 5.32 Å². The molecule has 0 bridgehead atoms. The second kappa shape index (κ2) is 9.82. The topological polar surface area (TPSA) is 63.0 Å². The van der Waals surface area contributed by atoms with Crippen molar-refractivity contribution in [2.75, 3.05) is 0 Å². The van der Waals surface area contributed by atoms with E-state index in [0.717, 1.165) is 77.5 Å². The SMILES string of the molecule is c1ccc(C2=NC(c3ccccc3)NC(c3ccc4oc5c(-c6cccc7oc8ccccc8c67)cccc5c4c3)=N2)cc1. The third-order valence-corrected chi connectivity index (χ3v) is 8.35. The fourth-order valence-corrected chi connectivity index (χ4v) is 6.28. The van der Waals surface area contributed by atoms with Gasteiger partial charge in [0.2, 0.25) is 0 Å². The highest BCUT2D eigenvalue weighted by atomic mass is 16.3. The average molecular weight is 568 g/mol. The monoisotopic (exact) mass is 567 g/mol. The number of fused-ring (bicyclic) bond motifs is 6. The van der Waals surface area contributed by atoms with Gasteiger partial charge in [0.25, 0.3) is 0 Å². The number of amidine groups is 2.